The molecule has 0 atom stereocenters. The molecule has 1 amide bonds. The van der Waals surface area contributed by atoms with Crippen molar-refractivity contribution in [3.63, 3.8) is 0 Å². The zero-order chi connectivity index (χ0) is 10.6. The Hall–Kier alpha value is -0.770. The van der Waals surface area contributed by atoms with Gasteiger partial charge in [0.1, 0.15) is 0 Å². The molecule has 0 saturated heterocycles. The Morgan fingerprint density at radius 1 is 1.50 bits per heavy atom. The lowest BCUT2D eigenvalue weighted by molar-refractivity contribution is 0.0905. The molecule has 1 N–H and O–H groups in total. The van der Waals surface area contributed by atoms with E-state index in [4.69, 9.17) is 4.42 Å². The molecule has 0 aliphatic rings. The van der Waals surface area contributed by atoms with E-state index in [1.54, 1.807) is 12.1 Å². The minimum absolute atomic E-state index is 0.149. The third-order valence-corrected chi connectivity index (χ3v) is 2.54. The van der Waals surface area contributed by atoms with Gasteiger partial charge in [0.05, 0.1) is 0 Å². The van der Waals surface area contributed by atoms with Crippen LogP contribution in [-0.2, 0) is 0 Å². The van der Waals surface area contributed by atoms with Gasteiger partial charge >= 0.3 is 0 Å². The maximum atomic E-state index is 11.6. The SMILES string of the molecule is CCC(CC)NC(=O)c1ccc(Br)o1. The van der Waals surface area contributed by atoms with E-state index >= 15 is 0 Å². The summed E-state index contributed by atoms with van der Waals surface area (Å²) in [6, 6.07) is 3.59. The highest BCUT2D eigenvalue weighted by Crippen LogP contribution is 2.14. The van der Waals surface area contributed by atoms with Crippen molar-refractivity contribution in [1.29, 1.82) is 0 Å². The standard InChI is InChI=1S/C10H14BrNO2/c1-3-7(4-2)12-10(13)8-5-6-9(11)14-8/h5-7H,3-4H2,1-2H3,(H,12,13). The van der Waals surface area contributed by atoms with E-state index in [2.05, 4.69) is 21.2 Å². The summed E-state index contributed by atoms with van der Waals surface area (Å²) in [4.78, 5) is 11.6. The molecule has 0 aliphatic carbocycles. The Labute approximate surface area is 92.0 Å². The van der Waals surface area contributed by atoms with Gasteiger partial charge in [-0.1, -0.05) is 13.8 Å². The normalized spacial score (nSPS) is 10.6. The average Bonchev–Trinajstić information content (AvgIpc) is 2.61. The molecule has 14 heavy (non-hydrogen) atoms. The molecule has 1 heterocycles. The summed E-state index contributed by atoms with van der Waals surface area (Å²) in [6.45, 7) is 4.10. The Bertz CT molecular complexity index is 305. The van der Waals surface area contributed by atoms with Crippen LogP contribution in [0.1, 0.15) is 37.2 Å². The van der Waals surface area contributed by atoms with Crippen molar-refractivity contribution in [2.24, 2.45) is 0 Å². The number of hydrogen-bond acceptors (Lipinski definition) is 2. The zero-order valence-corrected chi connectivity index (χ0v) is 9.93. The van der Waals surface area contributed by atoms with Crippen molar-refractivity contribution in [1.82, 2.24) is 5.32 Å². The molecule has 3 nitrogen and oxygen atoms in total. The Balaban J connectivity index is 2.58. The van der Waals surface area contributed by atoms with E-state index in [-0.39, 0.29) is 11.9 Å². The average molecular weight is 260 g/mol. The number of furan rings is 1. The van der Waals surface area contributed by atoms with Gasteiger partial charge in [0, 0.05) is 6.04 Å². The van der Waals surface area contributed by atoms with E-state index in [0.717, 1.165) is 12.8 Å². The van der Waals surface area contributed by atoms with Crippen molar-refractivity contribution in [3.05, 3.63) is 22.6 Å². The van der Waals surface area contributed by atoms with Crippen molar-refractivity contribution >= 4 is 21.8 Å². The molecule has 1 aromatic rings. The first-order chi connectivity index (χ1) is 6.67. The maximum absolute atomic E-state index is 11.6. The van der Waals surface area contributed by atoms with Crippen LogP contribution in [0.25, 0.3) is 0 Å². The van der Waals surface area contributed by atoms with E-state index in [9.17, 15) is 4.79 Å². The fourth-order valence-corrected chi connectivity index (χ4v) is 1.49. The second-order valence-electron chi connectivity index (χ2n) is 3.09. The number of hydrogen-bond donors (Lipinski definition) is 1. The van der Waals surface area contributed by atoms with Crippen LogP contribution < -0.4 is 5.32 Å². The summed E-state index contributed by atoms with van der Waals surface area (Å²) in [7, 11) is 0. The molecular weight excluding hydrogens is 246 g/mol. The molecular formula is C10H14BrNO2. The third-order valence-electron chi connectivity index (χ3n) is 2.12. The summed E-state index contributed by atoms with van der Waals surface area (Å²) >= 11 is 3.15. The van der Waals surface area contributed by atoms with Crippen LogP contribution in [0, 0.1) is 0 Å². The predicted octanol–water partition coefficient (Wildman–Crippen LogP) is 2.96. The molecule has 1 rings (SSSR count). The van der Waals surface area contributed by atoms with Crippen LogP contribution in [0.2, 0.25) is 0 Å². The summed E-state index contributed by atoms with van der Waals surface area (Å²) in [6.07, 6.45) is 1.87. The molecule has 1 aromatic heterocycles. The van der Waals surface area contributed by atoms with Gasteiger partial charge in [-0.3, -0.25) is 4.79 Å². The molecule has 0 bridgehead atoms. The highest BCUT2D eigenvalue weighted by molar-refractivity contribution is 9.10. The van der Waals surface area contributed by atoms with Gasteiger partial charge in [0.15, 0.2) is 10.4 Å². The largest absolute Gasteiger partial charge is 0.444 e. The summed E-state index contributed by atoms with van der Waals surface area (Å²) in [5, 5.41) is 2.89. The molecule has 0 fully saturated rings. The monoisotopic (exact) mass is 259 g/mol. The van der Waals surface area contributed by atoms with Crippen LogP contribution in [0.5, 0.6) is 0 Å². The van der Waals surface area contributed by atoms with Gasteiger partial charge in [-0.15, -0.1) is 0 Å². The van der Waals surface area contributed by atoms with Crippen LogP contribution >= 0.6 is 15.9 Å². The summed E-state index contributed by atoms with van der Waals surface area (Å²) < 4.78 is 5.72. The third kappa shape index (κ3) is 2.87. The first-order valence-corrected chi connectivity index (χ1v) is 5.52. The van der Waals surface area contributed by atoms with E-state index in [0.29, 0.717) is 10.4 Å². The number of nitrogens with one attached hydrogen (secondary N) is 1. The predicted molar refractivity (Wildman–Crippen MR) is 58.2 cm³/mol. The van der Waals surface area contributed by atoms with Crippen molar-refractivity contribution in [2.75, 3.05) is 0 Å². The van der Waals surface area contributed by atoms with Gasteiger partial charge in [-0.2, -0.15) is 0 Å². The Morgan fingerprint density at radius 2 is 2.14 bits per heavy atom. The molecule has 0 aromatic carbocycles. The minimum Gasteiger partial charge on any atom is -0.444 e. The van der Waals surface area contributed by atoms with Crippen molar-refractivity contribution < 1.29 is 9.21 Å². The molecule has 0 radical (unpaired) electrons. The second-order valence-corrected chi connectivity index (χ2v) is 3.87. The fraction of sp³-hybridized carbons (Fsp3) is 0.500. The quantitative estimate of drug-likeness (QED) is 0.904. The van der Waals surface area contributed by atoms with Gasteiger partial charge < -0.3 is 9.73 Å². The van der Waals surface area contributed by atoms with Crippen LogP contribution in [-0.4, -0.2) is 11.9 Å². The number of rotatable bonds is 4. The highest BCUT2D eigenvalue weighted by atomic mass is 79.9. The lowest BCUT2D eigenvalue weighted by atomic mass is 10.2. The van der Waals surface area contributed by atoms with Crippen LogP contribution in [0.4, 0.5) is 0 Å². The first-order valence-electron chi connectivity index (χ1n) is 4.73. The molecule has 0 unspecified atom stereocenters. The number of halogens is 1. The van der Waals surface area contributed by atoms with Crippen LogP contribution in [0.3, 0.4) is 0 Å². The Kier molecular flexibility index (Phi) is 4.20. The second kappa shape index (κ2) is 5.20. The van der Waals surface area contributed by atoms with Crippen molar-refractivity contribution in [3.8, 4) is 0 Å². The van der Waals surface area contributed by atoms with E-state index in [1.807, 2.05) is 13.8 Å². The smallest absolute Gasteiger partial charge is 0.287 e. The maximum Gasteiger partial charge on any atom is 0.287 e. The number of carbonyl (C=O) groups is 1. The Morgan fingerprint density at radius 3 is 2.57 bits per heavy atom. The minimum atomic E-state index is -0.149. The molecule has 4 heteroatoms. The topological polar surface area (TPSA) is 42.2 Å². The lowest BCUT2D eigenvalue weighted by Gasteiger charge is -2.12. The summed E-state index contributed by atoms with van der Waals surface area (Å²) in [5.41, 5.74) is 0. The molecule has 0 saturated carbocycles. The first kappa shape index (κ1) is 11.3. The van der Waals surface area contributed by atoms with Gasteiger partial charge in [0.2, 0.25) is 0 Å². The van der Waals surface area contributed by atoms with Crippen LogP contribution in [0.15, 0.2) is 21.2 Å². The number of carbonyl (C=O) groups excluding carboxylic acids is 1. The molecule has 78 valence electrons. The number of amides is 1. The van der Waals surface area contributed by atoms with E-state index < -0.39 is 0 Å². The van der Waals surface area contributed by atoms with Gasteiger partial charge in [0.25, 0.3) is 5.91 Å². The lowest BCUT2D eigenvalue weighted by Crippen LogP contribution is -2.33. The van der Waals surface area contributed by atoms with Gasteiger partial charge in [-0.05, 0) is 40.9 Å². The highest BCUT2D eigenvalue weighted by Gasteiger charge is 2.13. The fourth-order valence-electron chi connectivity index (χ4n) is 1.19. The zero-order valence-electron chi connectivity index (χ0n) is 8.34. The van der Waals surface area contributed by atoms with E-state index in [1.165, 1.54) is 0 Å². The molecule has 0 aliphatic heterocycles. The molecule has 0 spiro atoms. The van der Waals surface area contributed by atoms with Crippen molar-refractivity contribution in [2.45, 2.75) is 32.7 Å². The summed E-state index contributed by atoms with van der Waals surface area (Å²) in [5.74, 6) is 0.202. The van der Waals surface area contributed by atoms with Gasteiger partial charge in [-0.25, -0.2) is 0 Å².